The lowest BCUT2D eigenvalue weighted by atomic mass is 10.1. The van der Waals surface area contributed by atoms with E-state index in [1.807, 2.05) is 12.1 Å². The molecule has 2 rings (SSSR count). The van der Waals surface area contributed by atoms with Crippen molar-refractivity contribution in [1.29, 1.82) is 0 Å². The zero-order valence-electron chi connectivity index (χ0n) is 11.9. The third-order valence-corrected chi connectivity index (χ3v) is 3.66. The second-order valence-corrected chi connectivity index (χ2v) is 4.92. The lowest BCUT2D eigenvalue weighted by molar-refractivity contribution is 0.102. The number of anilines is 1. The average Bonchev–Trinajstić information content (AvgIpc) is 2.54. The van der Waals surface area contributed by atoms with Crippen LogP contribution in [0.3, 0.4) is 0 Å². The molecule has 2 aromatic rings. The predicted octanol–water partition coefficient (Wildman–Crippen LogP) is 3.85. The maximum Gasteiger partial charge on any atom is 0.255 e. The van der Waals surface area contributed by atoms with Crippen molar-refractivity contribution in [3.8, 4) is 11.5 Å². The van der Waals surface area contributed by atoms with Crippen molar-refractivity contribution in [3.63, 3.8) is 0 Å². The van der Waals surface area contributed by atoms with E-state index >= 15 is 0 Å². The van der Waals surface area contributed by atoms with Gasteiger partial charge in [0.25, 0.3) is 5.91 Å². The molecule has 4 nitrogen and oxygen atoms in total. The van der Waals surface area contributed by atoms with Crippen LogP contribution in [0.5, 0.6) is 11.5 Å². The van der Waals surface area contributed by atoms with Crippen molar-refractivity contribution >= 4 is 27.5 Å². The Labute approximate surface area is 132 Å². The first-order valence-electron chi connectivity index (χ1n) is 6.36. The Hall–Kier alpha value is -2.01. The smallest absolute Gasteiger partial charge is 0.255 e. The van der Waals surface area contributed by atoms with Crippen molar-refractivity contribution < 1.29 is 14.3 Å². The number of methoxy groups -OCH3 is 2. The summed E-state index contributed by atoms with van der Waals surface area (Å²) in [6.07, 6.45) is 0. The van der Waals surface area contributed by atoms with Crippen LogP contribution in [0.15, 0.2) is 42.5 Å². The number of rotatable bonds is 5. The van der Waals surface area contributed by atoms with E-state index in [0.717, 1.165) is 10.9 Å². The van der Waals surface area contributed by atoms with E-state index in [4.69, 9.17) is 9.47 Å². The second kappa shape index (κ2) is 7.13. The Morgan fingerprint density at radius 2 is 1.71 bits per heavy atom. The minimum absolute atomic E-state index is 0.164. The Morgan fingerprint density at radius 1 is 1.05 bits per heavy atom. The molecule has 110 valence electrons. The highest BCUT2D eigenvalue weighted by molar-refractivity contribution is 9.08. The molecule has 1 amide bonds. The van der Waals surface area contributed by atoms with Gasteiger partial charge < -0.3 is 14.8 Å². The lowest BCUT2D eigenvalue weighted by Crippen LogP contribution is -2.11. The second-order valence-electron chi connectivity index (χ2n) is 4.35. The van der Waals surface area contributed by atoms with Crippen molar-refractivity contribution in [3.05, 3.63) is 53.6 Å². The summed E-state index contributed by atoms with van der Waals surface area (Å²) in [5.74, 6) is 1.03. The summed E-state index contributed by atoms with van der Waals surface area (Å²) in [6, 6.07) is 12.7. The van der Waals surface area contributed by atoms with Gasteiger partial charge in [-0.25, -0.2) is 0 Å². The highest BCUT2D eigenvalue weighted by Crippen LogP contribution is 2.29. The molecule has 0 spiro atoms. The van der Waals surface area contributed by atoms with Crippen LogP contribution >= 0.6 is 15.9 Å². The largest absolute Gasteiger partial charge is 0.493 e. The first kappa shape index (κ1) is 15.4. The Bertz CT molecular complexity index is 626. The van der Waals surface area contributed by atoms with Crippen molar-refractivity contribution in [2.75, 3.05) is 19.5 Å². The minimum Gasteiger partial charge on any atom is -0.493 e. The molecular weight excluding hydrogens is 334 g/mol. The highest BCUT2D eigenvalue weighted by atomic mass is 79.9. The maximum absolute atomic E-state index is 12.2. The van der Waals surface area contributed by atoms with Crippen LogP contribution in [0.1, 0.15) is 15.9 Å². The normalized spacial score (nSPS) is 10.0. The van der Waals surface area contributed by atoms with E-state index in [-0.39, 0.29) is 5.91 Å². The summed E-state index contributed by atoms with van der Waals surface area (Å²) in [5, 5.41) is 3.60. The first-order chi connectivity index (χ1) is 10.2. The van der Waals surface area contributed by atoms with Crippen LogP contribution in [-0.4, -0.2) is 20.1 Å². The number of carbonyl (C=O) groups excluding carboxylic acids is 1. The molecule has 0 saturated heterocycles. The number of hydrogen-bond donors (Lipinski definition) is 1. The first-order valence-corrected chi connectivity index (χ1v) is 7.48. The van der Waals surface area contributed by atoms with E-state index in [2.05, 4.69) is 21.2 Å². The van der Waals surface area contributed by atoms with E-state index in [9.17, 15) is 4.79 Å². The topological polar surface area (TPSA) is 47.6 Å². The third-order valence-electron chi connectivity index (χ3n) is 3.01. The van der Waals surface area contributed by atoms with Gasteiger partial charge in [-0.1, -0.05) is 28.1 Å². The Morgan fingerprint density at radius 3 is 2.29 bits per heavy atom. The van der Waals surface area contributed by atoms with Crippen LogP contribution in [0, 0.1) is 0 Å². The Balaban J connectivity index is 2.14. The van der Waals surface area contributed by atoms with Gasteiger partial charge in [-0.2, -0.15) is 0 Å². The molecule has 0 aliphatic rings. The van der Waals surface area contributed by atoms with E-state index in [0.29, 0.717) is 22.7 Å². The van der Waals surface area contributed by atoms with Crippen LogP contribution in [0.4, 0.5) is 5.69 Å². The molecule has 0 bridgehead atoms. The predicted molar refractivity (Wildman–Crippen MR) is 86.6 cm³/mol. The Kier molecular flexibility index (Phi) is 5.22. The van der Waals surface area contributed by atoms with Gasteiger partial charge in [0.2, 0.25) is 0 Å². The van der Waals surface area contributed by atoms with Crippen LogP contribution in [0.25, 0.3) is 0 Å². The number of amides is 1. The molecule has 1 N–H and O–H groups in total. The summed E-state index contributed by atoms with van der Waals surface area (Å²) < 4.78 is 10.4. The number of halogens is 1. The standard InChI is InChI=1S/C16H16BrNO3/c1-20-14-8-7-13(9-15(14)21-2)18-16(19)12-5-3-11(10-17)4-6-12/h3-9H,10H2,1-2H3,(H,18,19). The molecule has 0 fully saturated rings. The molecule has 0 unspecified atom stereocenters. The SMILES string of the molecule is COc1ccc(NC(=O)c2ccc(CBr)cc2)cc1OC. The van der Waals surface area contributed by atoms with Crippen molar-refractivity contribution in [2.24, 2.45) is 0 Å². The minimum atomic E-state index is -0.164. The van der Waals surface area contributed by atoms with Crippen LogP contribution in [0.2, 0.25) is 0 Å². The van der Waals surface area contributed by atoms with Crippen molar-refractivity contribution in [2.45, 2.75) is 5.33 Å². The van der Waals surface area contributed by atoms with Gasteiger partial charge >= 0.3 is 0 Å². The number of ether oxygens (including phenoxy) is 2. The summed E-state index contributed by atoms with van der Waals surface area (Å²) in [4.78, 5) is 12.2. The summed E-state index contributed by atoms with van der Waals surface area (Å²) in [7, 11) is 3.13. The van der Waals surface area contributed by atoms with E-state index < -0.39 is 0 Å². The number of hydrogen-bond acceptors (Lipinski definition) is 3. The molecule has 0 aromatic heterocycles. The summed E-state index contributed by atoms with van der Waals surface area (Å²) >= 11 is 3.38. The molecule has 21 heavy (non-hydrogen) atoms. The molecule has 0 heterocycles. The molecule has 0 aliphatic carbocycles. The number of nitrogens with one attached hydrogen (secondary N) is 1. The van der Waals surface area contributed by atoms with Crippen molar-refractivity contribution in [1.82, 2.24) is 0 Å². The molecule has 2 aromatic carbocycles. The zero-order valence-corrected chi connectivity index (χ0v) is 13.4. The molecule has 0 radical (unpaired) electrons. The summed E-state index contributed by atoms with van der Waals surface area (Å²) in [5.41, 5.74) is 2.38. The fourth-order valence-corrected chi connectivity index (χ4v) is 2.24. The lowest BCUT2D eigenvalue weighted by Gasteiger charge is -2.10. The van der Waals surface area contributed by atoms with E-state index in [1.165, 1.54) is 0 Å². The maximum atomic E-state index is 12.2. The van der Waals surface area contributed by atoms with Gasteiger partial charge in [-0.15, -0.1) is 0 Å². The fourth-order valence-electron chi connectivity index (χ4n) is 1.86. The van der Waals surface area contributed by atoms with Gasteiger partial charge in [0.15, 0.2) is 11.5 Å². The van der Waals surface area contributed by atoms with Gasteiger partial charge in [0.05, 0.1) is 14.2 Å². The van der Waals surface area contributed by atoms with Gasteiger partial charge in [0, 0.05) is 22.6 Å². The molecule has 0 aliphatic heterocycles. The number of alkyl halides is 1. The van der Waals surface area contributed by atoms with Gasteiger partial charge in [-0.3, -0.25) is 4.79 Å². The van der Waals surface area contributed by atoms with Crippen LogP contribution in [-0.2, 0) is 5.33 Å². The third kappa shape index (κ3) is 3.76. The van der Waals surface area contributed by atoms with Crippen LogP contribution < -0.4 is 14.8 Å². The fraction of sp³-hybridized carbons (Fsp3) is 0.188. The number of carbonyl (C=O) groups is 1. The highest BCUT2D eigenvalue weighted by Gasteiger charge is 2.09. The summed E-state index contributed by atoms with van der Waals surface area (Å²) in [6.45, 7) is 0. The molecular formula is C16H16BrNO3. The van der Waals surface area contributed by atoms with Gasteiger partial charge in [-0.05, 0) is 29.8 Å². The van der Waals surface area contributed by atoms with E-state index in [1.54, 1.807) is 44.6 Å². The quantitative estimate of drug-likeness (QED) is 0.834. The molecule has 0 atom stereocenters. The number of benzene rings is 2. The molecule has 5 heteroatoms. The zero-order chi connectivity index (χ0) is 15.2. The monoisotopic (exact) mass is 349 g/mol. The average molecular weight is 350 g/mol. The van der Waals surface area contributed by atoms with Gasteiger partial charge in [0.1, 0.15) is 0 Å². The molecule has 0 saturated carbocycles.